The Morgan fingerprint density at radius 2 is 2.00 bits per heavy atom. The predicted molar refractivity (Wildman–Crippen MR) is 95.0 cm³/mol. The molecule has 2 N–H and O–H groups in total. The molecular weight excluding hydrogens is 302 g/mol. The van der Waals surface area contributed by atoms with Crippen LogP contribution in [0, 0.1) is 5.92 Å². The van der Waals surface area contributed by atoms with Crippen LogP contribution in [0.5, 0.6) is 0 Å². The normalized spacial score (nSPS) is 12.2. The number of benzene rings is 2. The average Bonchev–Trinajstić information content (AvgIpc) is 2.97. The van der Waals surface area contributed by atoms with E-state index in [4.69, 9.17) is 4.42 Å². The van der Waals surface area contributed by atoms with E-state index in [9.17, 15) is 4.79 Å². The highest BCUT2D eigenvalue weighted by atomic mass is 16.3. The fraction of sp³-hybridized carbons (Fsp3) is 0.263. The monoisotopic (exact) mass is 323 g/mol. The van der Waals surface area contributed by atoms with Gasteiger partial charge in [0.1, 0.15) is 5.52 Å². The zero-order valence-electron chi connectivity index (χ0n) is 13.9. The number of hydrogen-bond acceptors (Lipinski definition) is 4. The van der Waals surface area contributed by atoms with E-state index in [1.54, 1.807) is 0 Å². The van der Waals surface area contributed by atoms with Crippen molar-refractivity contribution in [3.63, 3.8) is 0 Å². The summed E-state index contributed by atoms with van der Waals surface area (Å²) in [6, 6.07) is 15.6. The number of rotatable bonds is 6. The van der Waals surface area contributed by atoms with E-state index >= 15 is 0 Å². The van der Waals surface area contributed by atoms with Gasteiger partial charge in [0.05, 0.1) is 0 Å². The van der Waals surface area contributed by atoms with Crippen LogP contribution in [0.1, 0.15) is 18.4 Å². The summed E-state index contributed by atoms with van der Waals surface area (Å²) >= 11 is 0. The molecule has 5 nitrogen and oxygen atoms in total. The van der Waals surface area contributed by atoms with Gasteiger partial charge in [-0.2, -0.15) is 0 Å². The fourth-order valence-corrected chi connectivity index (χ4v) is 2.56. The molecule has 0 aliphatic heterocycles. The maximum absolute atomic E-state index is 12.1. The largest absolute Gasteiger partial charge is 0.440 e. The molecular formula is C19H21N3O2. The molecule has 1 heterocycles. The Hall–Kier alpha value is -2.66. The summed E-state index contributed by atoms with van der Waals surface area (Å²) in [7, 11) is 1.83. The number of carbonyl (C=O) groups excluding carboxylic acids is 1. The second kappa shape index (κ2) is 7.27. The standard InChI is InChI=1S/C19H21N3O2/c1-13(12-20-2)19(23)21-15-8-9-16-17(11-15)24-18(22-16)10-14-6-4-3-5-7-14/h3-9,11,13,20H,10,12H2,1-2H3,(H,21,23). The molecule has 0 saturated carbocycles. The second-order valence-electron chi connectivity index (χ2n) is 5.90. The van der Waals surface area contributed by atoms with E-state index in [-0.39, 0.29) is 11.8 Å². The number of carbonyl (C=O) groups is 1. The van der Waals surface area contributed by atoms with Gasteiger partial charge in [-0.25, -0.2) is 4.98 Å². The molecule has 24 heavy (non-hydrogen) atoms. The smallest absolute Gasteiger partial charge is 0.228 e. The van der Waals surface area contributed by atoms with Gasteiger partial charge in [-0.15, -0.1) is 0 Å². The highest BCUT2D eigenvalue weighted by Gasteiger charge is 2.13. The van der Waals surface area contributed by atoms with Crippen molar-refractivity contribution in [1.82, 2.24) is 10.3 Å². The number of oxazole rings is 1. The first-order valence-electron chi connectivity index (χ1n) is 8.04. The molecule has 2 aromatic carbocycles. The molecule has 0 aliphatic rings. The van der Waals surface area contributed by atoms with Gasteiger partial charge in [-0.3, -0.25) is 4.79 Å². The molecule has 3 aromatic rings. The molecule has 0 bridgehead atoms. The maximum atomic E-state index is 12.1. The lowest BCUT2D eigenvalue weighted by Gasteiger charge is -2.11. The van der Waals surface area contributed by atoms with Crippen molar-refractivity contribution in [2.45, 2.75) is 13.3 Å². The van der Waals surface area contributed by atoms with Crippen LogP contribution in [-0.4, -0.2) is 24.5 Å². The SMILES string of the molecule is CNCC(C)C(=O)Nc1ccc2nc(Cc3ccccc3)oc2c1. The summed E-state index contributed by atoms with van der Waals surface area (Å²) in [5.74, 6) is 0.546. The van der Waals surface area contributed by atoms with E-state index in [2.05, 4.69) is 15.6 Å². The number of hydrogen-bond donors (Lipinski definition) is 2. The lowest BCUT2D eigenvalue weighted by atomic mass is 10.1. The molecule has 1 amide bonds. The highest BCUT2D eigenvalue weighted by Crippen LogP contribution is 2.22. The molecule has 3 rings (SSSR count). The van der Waals surface area contributed by atoms with Gasteiger partial charge in [-0.1, -0.05) is 37.3 Å². The minimum atomic E-state index is -0.103. The zero-order valence-corrected chi connectivity index (χ0v) is 13.9. The van der Waals surface area contributed by atoms with E-state index in [1.165, 1.54) is 0 Å². The first-order chi connectivity index (χ1) is 11.7. The summed E-state index contributed by atoms with van der Waals surface area (Å²) < 4.78 is 5.83. The van der Waals surface area contributed by atoms with Gasteiger partial charge in [-0.05, 0) is 24.7 Å². The second-order valence-corrected chi connectivity index (χ2v) is 5.90. The molecule has 0 aliphatic carbocycles. The molecule has 1 unspecified atom stereocenters. The number of fused-ring (bicyclic) bond motifs is 1. The van der Waals surface area contributed by atoms with Gasteiger partial charge in [0.15, 0.2) is 11.5 Å². The van der Waals surface area contributed by atoms with E-state index in [0.717, 1.165) is 16.8 Å². The Morgan fingerprint density at radius 3 is 2.75 bits per heavy atom. The molecule has 0 spiro atoms. The lowest BCUT2D eigenvalue weighted by molar-refractivity contribution is -0.119. The average molecular weight is 323 g/mol. The van der Waals surface area contributed by atoms with Gasteiger partial charge >= 0.3 is 0 Å². The Kier molecular flexibility index (Phi) is 4.91. The Bertz CT molecular complexity index is 827. The summed E-state index contributed by atoms with van der Waals surface area (Å²) in [6.45, 7) is 2.52. The summed E-state index contributed by atoms with van der Waals surface area (Å²) in [5, 5.41) is 5.91. The minimum absolute atomic E-state index is 0.0206. The van der Waals surface area contributed by atoms with Crippen LogP contribution in [-0.2, 0) is 11.2 Å². The van der Waals surface area contributed by atoms with Crippen molar-refractivity contribution < 1.29 is 9.21 Å². The Morgan fingerprint density at radius 1 is 1.21 bits per heavy atom. The number of nitrogens with one attached hydrogen (secondary N) is 2. The van der Waals surface area contributed by atoms with Crippen LogP contribution < -0.4 is 10.6 Å². The first kappa shape index (κ1) is 16.2. The van der Waals surface area contributed by atoms with Crippen molar-refractivity contribution in [2.24, 2.45) is 5.92 Å². The van der Waals surface area contributed by atoms with Crippen LogP contribution in [0.15, 0.2) is 52.9 Å². The molecule has 1 atom stereocenters. The van der Waals surface area contributed by atoms with Gasteiger partial charge in [0.2, 0.25) is 5.91 Å². The molecule has 5 heteroatoms. The molecule has 124 valence electrons. The number of aromatic nitrogens is 1. The molecule has 0 saturated heterocycles. The summed E-state index contributed by atoms with van der Waals surface area (Å²) in [6.07, 6.45) is 0.649. The first-order valence-corrected chi connectivity index (χ1v) is 8.04. The fourth-order valence-electron chi connectivity index (χ4n) is 2.56. The number of amides is 1. The van der Waals surface area contributed by atoms with Gasteiger partial charge < -0.3 is 15.1 Å². The van der Waals surface area contributed by atoms with E-state index in [0.29, 0.717) is 24.4 Å². The van der Waals surface area contributed by atoms with Crippen LogP contribution in [0.3, 0.4) is 0 Å². The van der Waals surface area contributed by atoms with Crippen LogP contribution in [0.25, 0.3) is 11.1 Å². The number of anilines is 1. The highest BCUT2D eigenvalue weighted by molar-refractivity contribution is 5.94. The van der Waals surface area contributed by atoms with Crippen molar-refractivity contribution in [3.8, 4) is 0 Å². The zero-order chi connectivity index (χ0) is 16.9. The van der Waals surface area contributed by atoms with Crippen LogP contribution in [0.4, 0.5) is 5.69 Å². The van der Waals surface area contributed by atoms with Crippen molar-refractivity contribution >= 4 is 22.7 Å². The third-order valence-corrected chi connectivity index (χ3v) is 3.86. The third kappa shape index (κ3) is 3.81. The van der Waals surface area contributed by atoms with E-state index < -0.39 is 0 Å². The minimum Gasteiger partial charge on any atom is -0.440 e. The van der Waals surface area contributed by atoms with Crippen molar-refractivity contribution in [3.05, 3.63) is 60.0 Å². The topological polar surface area (TPSA) is 67.2 Å². The Balaban J connectivity index is 1.75. The molecule has 1 aromatic heterocycles. The Labute approximate surface area is 141 Å². The van der Waals surface area contributed by atoms with Gasteiger partial charge in [0.25, 0.3) is 0 Å². The summed E-state index contributed by atoms with van der Waals surface area (Å²) in [4.78, 5) is 16.6. The quantitative estimate of drug-likeness (QED) is 0.731. The third-order valence-electron chi connectivity index (χ3n) is 3.86. The summed E-state index contributed by atoms with van der Waals surface area (Å²) in [5.41, 5.74) is 3.35. The predicted octanol–water partition coefficient (Wildman–Crippen LogP) is 3.21. The number of nitrogens with zero attached hydrogens (tertiary/aromatic N) is 1. The van der Waals surface area contributed by atoms with Crippen LogP contribution >= 0.6 is 0 Å². The molecule has 0 radical (unpaired) electrons. The van der Waals surface area contributed by atoms with E-state index in [1.807, 2.05) is 62.5 Å². The van der Waals surface area contributed by atoms with Gasteiger partial charge in [0, 0.05) is 30.6 Å². The van der Waals surface area contributed by atoms with Crippen molar-refractivity contribution in [2.75, 3.05) is 18.9 Å². The maximum Gasteiger partial charge on any atom is 0.228 e. The van der Waals surface area contributed by atoms with Crippen molar-refractivity contribution in [1.29, 1.82) is 0 Å². The lowest BCUT2D eigenvalue weighted by Crippen LogP contribution is -2.28. The molecule has 0 fully saturated rings. The van der Waals surface area contributed by atoms with Crippen LogP contribution in [0.2, 0.25) is 0 Å².